The summed E-state index contributed by atoms with van der Waals surface area (Å²) in [7, 11) is 0. The van der Waals surface area contributed by atoms with E-state index in [4.69, 9.17) is 38.4 Å². The number of hydrogen-bond donors (Lipinski definition) is 5. The highest BCUT2D eigenvalue weighted by Gasteiger charge is 2.44. The van der Waals surface area contributed by atoms with Gasteiger partial charge in [-0.1, -0.05) is 23.2 Å². The van der Waals surface area contributed by atoms with Crippen molar-refractivity contribution in [3.8, 4) is 5.75 Å². The van der Waals surface area contributed by atoms with Crippen molar-refractivity contribution in [2.24, 2.45) is 0 Å². The number of rotatable bonds is 11. The summed E-state index contributed by atoms with van der Waals surface area (Å²) < 4.78 is 13.2. The molecule has 5 aromatic rings. The van der Waals surface area contributed by atoms with Crippen molar-refractivity contribution < 1.29 is 29.6 Å². The smallest absolute Gasteiger partial charge is 0.196 e. The predicted molar refractivity (Wildman–Crippen MR) is 186 cm³/mol. The summed E-state index contributed by atoms with van der Waals surface area (Å²) in [4.78, 5) is 29.8. The standard InChI is InChI=1S/C33H33Cl2N7O6S/c34-21-7-2-17(12-22(21)35)27(44)25-20-8-10-41(13-24(20)49-30(25)36)9-1-11-47-19-5-3-18(4-6-19)40-31-26-32(38-15-37-31)42(16-39-26)33-29(46)28(45)23(14-43)48-33/h2-7,12,15-16,23,28-29,33,43,45-46H,1,8-11,13-14,36H2,(H,37,38,40)/t23-,28-,29-,33-/m1/s1. The largest absolute Gasteiger partial charge is 0.494 e. The average Bonchev–Trinajstić information content (AvgIpc) is 3.77. The normalized spacial score (nSPS) is 20.8. The summed E-state index contributed by atoms with van der Waals surface area (Å²) in [6, 6.07) is 12.4. The first-order valence-electron chi connectivity index (χ1n) is 15.6. The third-order valence-electron chi connectivity index (χ3n) is 8.73. The van der Waals surface area contributed by atoms with Gasteiger partial charge in [0.15, 0.2) is 29.0 Å². The lowest BCUT2D eigenvalue weighted by atomic mass is 9.96. The molecule has 0 unspecified atom stereocenters. The molecule has 4 atom stereocenters. The number of fused-ring (bicyclic) bond motifs is 2. The van der Waals surface area contributed by atoms with E-state index in [1.54, 1.807) is 18.2 Å². The van der Waals surface area contributed by atoms with E-state index in [2.05, 4.69) is 25.2 Å². The Hall–Kier alpha value is -3.86. The number of nitrogens with two attached hydrogens (primary N) is 1. The van der Waals surface area contributed by atoms with Crippen LogP contribution in [-0.4, -0.2) is 90.1 Å². The summed E-state index contributed by atoms with van der Waals surface area (Å²) in [6.45, 7) is 2.50. The van der Waals surface area contributed by atoms with Crippen LogP contribution < -0.4 is 15.8 Å². The minimum absolute atomic E-state index is 0.132. The van der Waals surface area contributed by atoms with Crippen molar-refractivity contribution in [2.45, 2.75) is 43.9 Å². The highest BCUT2D eigenvalue weighted by atomic mass is 35.5. The number of anilines is 3. The number of ketones is 1. The number of nitrogen functional groups attached to an aromatic ring is 1. The van der Waals surface area contributed by atoms with Crippen LogP contribution in [0, 0.1) is 0 Å². The molecule has 3 aromatic heterocycles. The van der Waals surface area contributed by atoms with Gasteiger partial charge >= 0.3 is 0 Å². The molecule has 0 amide bonds. The number of halogens is 2. The van der Waals surface area contributed by atoms with E-state index in [9.17, 15) is 20.1 Å². The molecule has 0 aliphatic carbocycles. The Kier molecular flexibility index (Phi) is 9.72. The molecule has 256 valence electrons. The van der Waals surface area contributed by atoms with Gasteiger partial charge in [0, 0.05) is 35.8 Å². The third-order valence-corrected chi connectivity index (χ3v) is 10.5. The fraction of sp³-hybridized carbons (Fsp3) is 0.333. The van der Waals surface area contributed by atoms with Crippen molar-refractivity contribution in [1.82, 2.24) is 24.4 Å². The van der Waals surface area contributed by atoms with Crippen LogP contribution in [0.4, 0.5) is 16.5 Å². The molecular formula is C33H33Cl2N7O6S. The first-order chi connectivity index (χ1) is 23.7. The number of aromatic nitrogens is 4. The van der Waals surface area contributed by atoms with Crippen molar-refractivity contribution in [2.75, 3.05) is 37.4 Å². The zero-order valence-electron chi connectivity index (χ0n) is 26.0. The maximum atomic E-state index is 13.3. The van der Waals surface area contributed by atoms with Crippen LogP contribution in [0.15, 0.2) is 55.1 Å². The van der Waals surface area contributed by atoms with Gasteiger partial charge in [0.2, 0.25) is 0 Å². The predicted octanol–water partition coefficient (Wildman–Crippen LogP) is 4.19. The van der Waals surface area contributed by atoms with Gasteiger partial charge < -0.3 is 35.8 Å². The summed E-state index contributed by atoms with van der Waals surface area (Å²) in [6.07, 6.45) is 0.0299. The molecule has 2 aromatic carbocycles. The van der Waals surface area contributed by atoms with Crippen LogP contribution in [0.3, 0.4) is 0 Å². The molecule has 1 saturated heterocycles. The number of ether oxygens (including phenoxy) is 2. The molecule has 13 nitrogen and oxygen atoms in total. The fourth-order valence-corrected chi connectivity index (χ4v) is 7.64. The quantitative estimate of drug-likeness (QED) is 0.0969. The molecule has 0 bridgehead atoms. The van der Waals surface area contributed by atoms with Crippen molar-refractivity contribution in [3.63, 3.8) is 0 Å². The first kappa shape index (κ1) is 33.6. The molecular weight excluding hydrogens is 693 g/mol. The molecule has 0 radical (unpaired) electrons. The van der Waals surface area contributed by atoms with E-state index in [-0.39, 0.29) is 5.78 Å². The minimum atomic E-state index is -1.26. The second-order valence-corrected chi connectivity index (χ2v) is 13.8. The lowest BCUT2D eigenvalue weighted by Gasteiger charge is -2.27. The Balaban J connectivity index is 0.913. The third kappa shape index (κ3) is 6.70. The molecule has 6 N–H and O–H groups in total. The van der Waals surface area contributed by atoms with Gasteiger partial charge in [0.25, 0.3) is 0 Å². The zero-order valence-corrected chi connectivity index (χ0v) is 28.3. The Bertz CT molecular complexity index is 1990. The van der Waals surface area contributed by atoms with Gasteiger partial charge in [0.05, 0.1) is 40.2 Å². The molecule has 16 heteroatoms. The highest BCUT2D eigenvalue weighted by molar-refractivity contribution is 7.16. The van der Waals surface area contributed by atoms with Gasteiger partial charge in [0.1, 0.15) is 30.4 Å². The molecule has 1 fully saturated rings. The van der Waals surface area contributed by atoms with E-state index in [0.29, 0.717) is 49.8 Å². The molecule has 2 aliphatic heterocycles. The topological polar surface area (TPSA) is 181 Å². The number of thiophene rings is 1. The number of carbonyl (C=O) groups excluding carboxylic acids is 1. The van der Waals surface area contributed by atoms with E-state index in [0.717, 1.165) is 54.4 Å². The van der Waals surface area contributed by atoms with Crippen LogP contribution in [0.5, 0.6) is 5.75 Å². The molecule has 7 rings (SSSR count). The monoisotopic (exact) mass is 725 g/mol. The average molecular weight is 727 g/mol. The van der Waals surface area contributed by atoms with Crippen molar-refractivity contribution in [3.05, 3.63) is 86.7 Å². The lowest BCUT2D eigenvalue weighted by Crippen LogP contribution is -2.33. The molecule has 2 aliphatic rings. The molecule has 5 heterocycles. The maximum absolute atomic E-state index is 13.3. The summed E-state index contributed by atoms with van der Waals surface area (Å²) in [5.41, 5.74) is 10.0. The van der Waals surface area contributed by atoms with Gasteiger partial charge in [-0.3, -0.25) is 14.3 Å². The zero-order chi connectivity index (χ0) is 34.2. The van der Waals surface area contributed by atoms with Crippen LogP contribution in [0.25, 0.3) is 11.2 Å². The Morgan fingerprint density at radius 1 is 1.10 bits per heavy atom. The van der Waals surface area contributed by atoms with Gasteiger partial charge in [-0.05, 0) is 60.9 Å². The van der Waals surface area contributed by atoms with Gasteiger partial charge in [-0.25, -0.2) is 15.0 Å². The van der Waals surface area contributed by atoms with Crippen LogP contribution >= 0.6 is 34.5 Å². The summed E-state index contributed by atoms with van der Waals surface area (Å²) in [5, 5.41) is 34.5. The van der Waals surface area contributed by atoms with E-state index in [1.165, 1.54) is 28.6 Å². The Morgan fingerprint density at radius 2 is 1.92 bits per heavy atom. The van der Waals surface area contributed by atoms with Crippen LogP contribution in [-0.2, 0) is 17.7 Å². The second kappa shape index (κ2) is 14.2. The Labute approximate surface area is 294 Å². The highest BCUT2D eigenvalue weighted by Crippen LogP contribution is 2.37. The summed E-state index contributed by atoms with van der Waals surface area (Å²) >= 11 is 13.6. The van der Waals surface area contributed by atoms with E-state index >= 15 is 0 Å². The molecule has 0 saturated carbocycles. The number of carbonyl (C=O) groups is 1. The van der Waals surface area contributed by atoms with Crippen LogP contribution in [0.2, 0.25) is 10.0 Å². The summed E-state index contributed by atoms with van der Waals surface area (Å²) in [5.74, 6) is 1.05. The maximum Gasteiger partial charge on any atom is 0.196 e. The number of hydrogen-bond acceptors (Lipinski definition) is 13. The molecule has 49 heavy (non-hydrogen) atoms. The molecule has 0 spiro atoms. The first-order valence-corrected chi connectivity index (χ1v) is 17.2. The fourth-order valence-electron chi connectivity index (χ4n) is 6.19. The number of aliphatic hydroxyl groups is 3. The number of nitrogens with zero attached hydrogens (tertiary/aromatic N) is 5. The Morgan fingerprint density at radius 3 is 2.67 bits per heavy atom. The SMILES string of the molecule is Nc1sc2c(c1C(=O)c1ccc(Cl)c(Cl)c1)CCN(CCCOc1ccc(Nc3ncnc4c3ncn4[C@@H]3O[C@H](CO)[C@@H](O)[C@H]3O)cc1)C2. The van der Waals surface area contributed by atoms with Crippen molar-refractivity contribution in [1.29, 1.82) is 0 Å². The van der Waals surface area contributed by atoms with Crippen molar-refractivity contribution >= 4 is 68.0 Å². The lowest BCUT2D eigenvalue weighted by molar-refractivity contribution is -0.0511. The number of benzene rings is 2. The number of aliphatic hydroxyl groups excluding tert-OH is 3. The van der Waals surface area contributed by atoms with Crippen LogP contribution in [0.1, 0.15) is 39.0 Å². The number of imidazole rings is 1. The van der Waals surface area contributed by atoms with Gasteiger partial charge in [-0.15, -0.1) is 11.3 Å². The van der Waals surface area contributed by atoms with E-state index in [1.807, 2.05) is 24.3 Å². The number of nitrogens with one attached hydrogen (secondary N) is 1. The minimum Gasteiger partial charge on any atom is -0.494 e. The van der Waals surface area contributed by atoms with Gasteiger partial charge in [-0.2, -0.15) is 0 Å². The van der Waals surface area contributed by atoms with E-state index < -0.39 is 31.1 Å². The second-order valence-electron chi connectivity index (χ2n) is 11.9.